The second kappa shape index (κ2) is 11.4. The van der Waals surface area contributed by atoms with Crippen molar-refractivity contribution in [3.63, 3.8) is 0 Å². The number of amides is 1. The second-order valence-corrected chi connectivity index (χ2v) is 8.15. The Morgan fingerprint density at radius 1 is 1.12 bits per heavy atom. The minimum atomic E-state index is -1.07. The number of nitro benzene ring substituents is 1. The van der Waals surface area contributed by atoms with Gasteiger partial charge < -0.3 is 9.47 Å². The topological polar surface area (TPSA) is 120 Å². The first-order valence-corrected chi connectivity index (χ1v) is 10.9. The molecular weight excluding hydrogens is 530 g/mol. The van der Waals surface area contributed by atoms with Crippen LogP contribution in [0.15, 0.2) is 76.3 Å². The van der Waals surface area contributed by atoms with Crippen LogP contribution in [-0.4, -0.2) is 29.1 Å². The Morgan fingerprint density at radius 3 is 2.53 bits per heavy atom. The van der Waals surface area contributed by atoms with E-state index in [1.807, 2.05) is 0 Å². The van der Waals surface area contributed by atoms with E-state index >= 15 is 0 Å². The number of rotatable bonds is 8. The van der Waals surface area contributed by atoms with Crippen LogP contribution in [0.25, 0.3) is 0 Å². The predicted molar refractivity (Wildman–Crippen MR) is 129 cm³/mol. The Labute approximate surface area is 207 Å². The molecule has 0 aliphatic carbocycles. The fraction of sp³-hybridized carbons (Fsp3) is 0.0870. The minimum Gasteiger partial charge on any atom is -0.474 e. The molecule has 0 bridgehead atoms. The molecule has 3 rings (SSSR count). The van der Waals surface area contributed by atoms with Gasteiger partial charge >= 0.3 is 11.7 Å². The fourth-order valence-corrected chi connectivity index (χ4v) is 3.17. The van der Waals surface area contributed by atoms with Gasteiger partial charge in [-0.3, -0.25) is 14.9 Å². The van der Waals surface area contributed by atoms with Gasteiger partial charge in [0.2, 0.25) is 0 Å². The third-order valence-corrected chi connectivity index (χ3v) is 5.11. The first kappa shape index (κ1) is 24.9. The van der Waals surface area contributed by atoms with Gasteiger partial charge in [0.15, 0.2) is 11.9 Å². The molecule has 0 saturated carbocycles. The summed E-state index contributed by atoms with van der Waals surface area (Å²) in [6.07, 6.45) is 0.230. The van der Waals surface area contributed by atoms with Gasteiger partial charge in [-0.25, -0.2) is 10.2 Å². The zero-order valence-corrected chi connectivity index (χ0v) is 19.9. The molecule has 3 aromatic rings. The SMILES string of the molecule is CC(Oc1ccccc1[N+](=O)[O-])C(=O)NN=Cc1cc(Br)ccc1OC(=O)c1ccc(Cl)cc1. The zero-order chi connectivity index (χ0) is 24.7. The quantitative estimate of drug-likeness (QED) is 0.137. The van der Waals surface area contributed by atoms with Crippen LogP contribution in [0, 0.1) is 10.1 Å². The summed E-state index contributed by atoms with van der Waals surface area (Å²) in [4.78, 5) is 35.3. The van der Waals surface area contributed by atoms with Gasteiger partial charge in [0.05, 0.1) is 16.7 Å². The van der Waals surface area contributed by atoms with E-state index in [1.54, 1.807) is 36.4 Å². The molecule has 0 aromatic heterocycles. The Morgan fingerprint density at radius 2 is 1.82 bits per heavy atom. The molecule has 1 amide bonds. The molecule has 11 heteroatoms. The lowest BCUT2D eigenvalue weighted by atomic mass is 10.2. The summed E-state index contributed by atoms with van der Waals surface area (Å²) in [6, 6.07) is 16.9. The third-order valence-electron chi connectivity index (χ3n) is 4.37. The maximum absolute atomic E-state index is 12.4. The molecule has 3 aromatic carbocycles. The van der Waals surface area contributed by atoms with Crippen molar-refractivity contribution in [3.05, 3.63) is 97.5 Å². The molecule has 0 aliphatic heterocycles. The Balaban J connectivity index is 1.67. The van der Waals surface area contributed by atoms with Crippen LogP contribution in [0.2, 0.25) is 5.02 Å². The van der Waals surface area contributed by atoms with Crippen LogP contribution in [0.4, 0.5) is 5.69 Å². The zero-order valence-electron chi connectivity index (χ0n) is 17.6. The van der Waals surface area contributed by atoms with Crippen LogP contribution in [0.5, 0.6) is 11.5 Å². The number of hydrogen-bond donors (Lipinski definition) is 1. The number of halogens is 2. The van der Waals surface area contributed by atoms with Gasteiger partial charge in [-0.1, -0.05) is 39.7 Å². The number of nitrogens with zero attached hydrogens (tertiary/aromatic N) is 2. The van der Waals surface area contributed by atoms with Crippen LogP contribution in [0.1, 0.15) is 22.8 Å². The molecule has 1 atom stereocenters. The number of esters is 1. The molecule has 9 nitrogen and oxygen atoms in total. The fourth-order valence-electron chi connectivity index (χ4n) is 2.67. The van der Waals surface area contributed by atoms with E-state index < -0.39 is 22.9 Å². The monoisotopic (exact) mass is 545 g/mol. The number of nitrogens with one attached hydrogen (secondary N) is 1. The number of ether oxygens (including phenoxy) is 2. The predicted octanol–water partition coefficient (Wildman–Crippen LogP) is 5.15. The summed E-state index contributed by atoms with van der Waals surface area (Å²) in [5, 5.41) is 15.5. The normalized spacial score (nSPS) is 11.6. The second-order valence-electron chi connectivity index (χ2n) is 6.80. The first-order chi connectivity index (χ1) is 16.2. The largest absolute Gasteiger partial charge is 0.474 e. The van der Waals surface area contributed by atoms with Crippen molar-refractivity contribution in [2.45, 2.75) is 13.0 Å². The average Bonchev–Trinajstić information content (AvgIpc) is 2.81. The molecule has 0 spiro atoms. The van der Waals surface area contributed by atoms with E-state index in [0.717, 1.165) is 0 Å². The molecule has 0 radical (unpaired) electrons. The summed E-state index contributed by atoms with van der Waals surface area (Å²) >= 11 is 9.18. The van der Waals surface area contributed by atoms with Crippen molar-refractivity contribution >= 4 is 51.3 Å². The number of hydrazone groups is 1. The number of hydrogen-bond acceptors (Lipinski definition) is 7. The lowest BCUT2D eigenvalue weighted by Crippen LogP contribution is -2.33. The summed E-state index contributed by atoms with van der Waals surface area (Å²) in [6.45, 7) is 1.43. The van der Waals surface area contributed by atoms with Gasteiger partial charge in [-0.05, 0) is 55.5 Å². The van der Waals surface area contributed by atoms with Crippen molar-refractivity contribution in [1.82, 2.24) is 5.43 Å². The van der Waals surface area contributed by atoms with Crippen LogP contribution >= 0.6 is 27.5 Å². The molecule has 0 aliphatic rings. The molecule has 1 N–H and O–H groups in total. The average molecular weight is 547 g/mol. The molecule has 0 fully saturated rings. The Hall–Kier alpha value is -3.76. The summed E-state index contributed by atoms with van der Waals surface area (Å²) in [7, 11) is 0. The van der Waals surface area contributed by atoms with Crippen LogP contribution < -0.4 is 14.9 Å². The van der Waals surface area contributed by atoms with E-state index in [2.05, 4.69) is 26.5 Å². The van der Waals surface area contributed by atoms with Crippen molar-refractivity contribution < 1.29 is 24.0 Å². The molecule has 0 saturated heterocycles. The Kier molecular flexibility index (Phi) is 8.34. The number of nitro groups is 1. The number of benzene rings is 3. The van der Waals surface area contributed by atoms with Gasteiger partial charge in [-0.2, -0.15) is 5.10 Å². The van der Waals surface area contributed by atoms with Crippen molar-refractivity contribution in [2.24, 2.45) is 5.10 Å². The lowest BCUT2D eigenvalue weighted by Gasteiger charge is -2.13. The van der Waals surface area contributed by atoms with Crippen molar-refractivity contribution in [1.29, 1.82) is 0 Å². The van der Waals surface area contributed by atoms with E-state index in [1.165, 1.54) is 43.5 Å². The van der Waals surface area contributed by atoms with Gasteiger partial charge in [0, 0.05) is 21.1 Å². The highest BCUT2D eigenvalue weighted by Gasteiger charge is 2.20. The van der Waals surface area contributed by atoms with Crippen LogP contribution in [-0.2, 0) is 4.79 Å². The number of carbonyl (C=O) groups is 2. The lowest BCUT2D eigenvalue weighted by molar-refractivity contribution is -0.386. The molecule has 34 heavy (non-hydrogen) atoms. The highest BCUT2D eigenvalue weighted by Crippen LogP contribution is 2.27. The van der Waals surface area contributed by atoms with Crippen molar-refractivity contribution in [2.75, 3.05) is 0 Å². The summed E-state index contributed by atoms with van der Waals surface area (Å²) in [5.74, 6) is -1.05. The minimum absolute atomic E-state index is 0.0393. The standard InChI is InChI=1S/C23H17BrClN3O6/c1-14(33-21-5-3-2-4-19(21)28(31)32)22(29)27-26-13-16-12-17(24)8-11-20(16)34-23(30)15-6-9-18(25)10-7-15/h2-14H,1H3,(H,27,29). The van der Waals surface area contributed by atoms with E-state index in [-0.39, 0.29) is 17.2 Å². The molecule has 1 unspecified atom stereocenters. The maximum Gasteiger partial charge on any atom is 0.343 e. The van der Waals surface area contributed by atoms with E-state index in [9.17, 15) is 19.7 Å². The number of carbonyl (C=O) groups excluding carboxylic acids is 2. The molecule has 0 heterocycles. The Bertz CT molecular complexity index is 1250. The highest BCUT2D eigenvalue weighted by molar-refractivity contribution is 9.10. The maximum atomic E-state index is 12.4. The van der Waals surface area contributed by atoms with Crippen LogP contribution in [0.3, 0.4) is 0 Å². The third kappa shape index (κ3) is 6.63. The van der Waals surface area contributed by atoms with Gasteiger partial charge in [0.1, 0.15) is 5.75 Å². The number of para-hydroxylation sites is 2. The van der Waals surface area contributed by atoms with Gasteiger partial charge in [0.25, 0.3) is 5.91 Å². The van der Waals surface area contributed by atoms with E-state index in [4.69, 9.17) is 21.1 Å². The molecule has 174 valence electrons. The molecular formula is C23H17BrClN3O6. The highest BCUT2D eigenvalue weighted by atomic mass is 79.9. The van der Waals surface area contributed by atoms with Gasteiger partial charge in [-0.15, -0.1) is 0 Å². The summed E-state index contributed by atoms with van der Waals surface area (Å²) in [5.41, 5.74) is 2.76. The summed E-state index contributed by atoms with van der Waals surface area (Å²) < 4.78 is 11.6. The van der Waals surface area contributed by atoms with Crippen molar-refractivity contribution in [3.8, 4) is 11.5 Å². The first-order valence-electron chi connectivity index (χ1n) is 9.75. The van der Waals surface area contributed by atoms with E-state index in [0.29, 0.717) is 20.6 Å². The smallest absolute Gasteiger partial charge is 0.343 e.